The quantitative estimate of drug-likeness (QED) is 0.861. The number of amides is 1. The average molecular weight is 331 g/mol. The van der Waals surface area contributed by atoms with Crippen molar-refractivity contribution in [3.05, 3.63) is 35.4 Å². The van der Waals surface area contributed by atoms with Crippen molar-refractivity contribution in [1.82, 2.24) is 15.5 Å². The molecule has 0 radical (unpaired) electrons. The second-order valence-corrected chi connectivity index (χ2v) is 6.98. The maximum atomic E-state index is 12.3. The molecule has 0 unspecified atom stereocenters. The van der Waals surface area contributed by atoms with E-state index in [0.29, 0.717) is 18.5 Å². The van der Waals surface area contributed by atoms with E-state index in [1.54, 1.807) is 0 Å². The highest BCUT2D eigenvalue weighted by Gasteiger charge is 2.21. The van der Waals surface area contributed by atoms with E-state index >= 15 is 0 Å². The third kappa shape index (κ3) is 4.79. The lowest BCUT2D eigenvalue weighted by molar-refractivity contribution is 0.0342. The molecule has 1 aromatic carbocycles. The number of morpholine rings is 1. The van der Waals surface area contributed by atoms with Crippen LogP contribution in [0.2, 0.25) is 0 Å². The fourth-order valence-electron chi connectivity index (χ4n) is 3.47. The zero-order valence-electron chi connectivity index (χ0n) is 14.6. The number of hydrogen-bond acceptors (Lipinski definition) is 4. The summed E-state index contributed by atoms with van der Waals surface area (Å²) in [7, 11) is 0. The maximum absolute atomic E-state index is 12.3. The summed E-state index contributed by atoms with van der Waals surface area (Å²) in [6, 6.07) is 8.38. The molecule has 2 fully saturated rings. The number of nitrogens with one attached hydrogen (secondary N) is 2. The first-order valence-electron chi connectivity index (χ1n) is 9.13. The summed E-state index contributed by atoms with van der Waals surface area (Å²) >= 11 is 0. The zero-order chi connectivity index (χ0) is 16.8. The van der Waals surface area contributed by atoms with Crippen molar-refractivity contribution >= 4 is 5.91 Å². The number of ether oxygens (including phenoxy) is 1. The van der Waals surface area contributed by atoms with Gasteiger partial charge in [-0.15, -0.1) is 0 Å². The van der Waals surface area contributed by atoms with Gasteiger partial charge < -0.3 is 15.4 Å². The number of carbonyl (C=O) groups is 1. The summed E-state index contributed by atoms with van der Waals surface area (Å²) in [4.78, 5) is 14.7. The summed E-state index contributed by atoms with van der Waals surface area (Å²) in [6.45, 7) is 8.53. The van der Waals surface area contributed by atoms with E-state index in [0.717, 1.165) is 45.0 Å². The van der Waals surface area contributed by atoms with Crippen molar-refractivity contribution in [3.63, 3.8) is 0 Å². The lowest BCUT2D eigenvalue weighted by atomic mass is 9.93. The van der Waals surface area contributed by atoms with E-state index in [1.165, 1.54) is 18.4 Å². The lowest BCUT2D eigenvalue weighted by Gasteiger charge is -2.30. The Hall–Kier alpha value is -1.43. The molecule has 2 atom stereocenters. The molecule has 0 bridgehead atoms. The molecule has 5 nitrogen and oxygen atoms in total. The number of carbonyl (C=O) groups excluding carboxylic acids is 1. The number of benzene rings is 1. The molecule has 2 heterocycles. The van der Waals surface area contributed by atoms with Gasteiger partial charge in [0.1, 0.15) is 0 Å². The van der Waals surface area contributed by atoms with Crippen LogP contribution in [0.15, 0.2) is 24.3 Å². The normalized spacial score (nSPS) is 25.4. The predicted molar refractivity (Wildman–Crippen MR) is 95.1 cm³/mol. The van der Waals surface area contributed by atoms with Crippen molar-refractivity contribution < 1.29 is 9.53 Å². The van der Waals surface area contributed by atoms with Crippen LogP contribution < -0.4 is 10.6 Å². The van der Waals surface area contributed by atoms with Gasteiger partial charge in [-0.1, -0.05) is 19.1 Å². The van der Waals surface area contributed by atoms with Gasteiger partial charge in [0.2, 0.25) is 0 Å². The van der Waals surface area contributed by atoms with Crippen molar-refractivity contribution in [3.8, 4) is 0 Å². The van der Waals surface area contributed by atoms with E-state index < -0.39 is 0 Å². The van der Waals surface area contributed by atoms with Gasteiger partial charge in [-0.05, 0) is 43.0 Å². The monoisotopic (exact) mass is 331 g/mol. The second-order valence-electron chi connectivity index (χ2n) is 6.98. The molecule has 0 spiro atoms. The largest absolute Gasteiger partial charge is 0.379 e. The molecule has 0 aromatic heterocycles. The minimum Gasteiger partial charge on any atom is -0.379 e. The van der Waals surface area contributed by atoms with Crippen molar-refractivity contribution in [2.24, 2.45) is 5.92 Å². The highest BCUT2D eigenvalue weighted by atomic mass is 16.5. The van der Waals surface area contributed by atoms with Crippen LogP contribution in [0.5, 0.6) is 0 Å². The van der Waals surface area contributed by atoms with E-state index in [4.69, 9.17) is 4.74 Å². The van der Waals surface area contributed by atoms with Gasteiger partial charge in [0.05, 0.1) is 13.2 Å². The predicted octanol–water partition coefficient (Wildman–Crippen LogP) is 1.64. The summed E-state index contributed by atoms with van der Waals surface area (Å²) in [5, 5.41) is 6.57. The molecule has 0 saturated carbocycles. The zero-order valence-corrected chi connectivity index (χ0v) is 14.6. The number of hydrogen-bond donors (Lipinski definition) is 2. The van der Waals surface area contributed by atoms with E-state index in [-0.39, 0.29) is 5.91 Å². The van der Waals surface area contributed by atoms with E-state index in [9.17, 15) is 4.79 Å². The summed E-state index contributed by atoms with van der Waals surface area (Å²) in [5.74, 6) is 0.641. The Kier molecular flexibility index (Phi) is 6.24. The first-order valence-corrected chi connectivity index (χ1v) is 9.13. The third-order valence-corrected chi connectivity index (χ3v) is 5.14. The van der Waals surface area contributed by atoms with Gasteiger partial charge in [0.25, 0.3) is 5.91 Å². The van der Waals surface area contributed by atoms with Crippen LogP contribution in [0.4, 0.5) is 0 Å². The SMILES string of the molecule is C[C@H]1CCCN[C@H]1CNC(=O)c1ccc(CN2CCOCC2)cc1. The van der Waals surface area contributed by atoms with Crippen LogP contribution in [-0.4, -0.2) is 56.2 Å². The Morgan fingerprint density at radius 2 is 2.04 bits per heavy atom. The molecule has 3 rings (SSSR count). The minimum absolute atomic E-state index is 0.0208. The fraction of sp³-hybridized carbons (Fsp3) is 0.632. The molecule has 0 aliphatic carbocycles. The summed E-state index contributed by atoms with van der Waals surface area (Å²) in [6.07, 6.45) is 2.47. The number of nitrogens with zero attached hydrogens (tertiary/aromatic N) is 1. The van der Waals surface area contributed by atoms with Gasteiger partial charge in [-0.2, -0.15) is 0 Å². The number of piperidine rings is 1. The van der Waals surface area contributed by atoms with Crippen molar-refractivity contribution in [1.29, 1.82) is 0 Å². The Morgan fingerprint density at radius 1 is 1.29 bits per heavy atom. The summed E-state index contributed by atoms with van der Waals surface area (Å²) < 4.78 is 5.37. The molecule has 2 aliphatic heterocycles. The molecular weight excluding hydrogens is 302 g/mol. The molecule has 1 aromatic rings. The van der Waals surface area contributed by atoms with Crippen LogP contribution in [0, 0.1) is 5.92 Å². The smallest absolute Gasteiger partial charge is 0.251 e. The Balaban J connectivity index is 1.48. The lowest BCUT2D eigenvalue weighted by Crippen LogP contribution is -2.47. The average Bonchev–Trinajstić information content (AvgIpc) is 2.62. The topological polar surface area (TPSA) is 53.6 Å². The molecule has 2 N–H and O–H groups in total. The Labute approximate surface area is 144 Å². The van der Waals surface area contributed by atoms with Gasteiger partial charge in [0.15, 0.2) is 0 Å². The van der Waals surface area contributed by atoms with Crippen molar-refractivity contribution in [2.75, 3.05) is 39.4 Å². The van der Waals surface area contributed by atoms with Crippen LogP contribution in [0.25, 0.3) is 0 Å². The van der Waals surface area contributed by atoms with E-state index in [1.807, 2.05) is 12.1 Å². The fourth-order valence-corrected chi connectivity index (χ4v) is 3.47. The first kappa shape index (κ1) is 17.4. The molecule has 24 heavy (non-hydrogen) atoms. The van der Waals surface area contributed by atoms with E-state index in [2.05, 4.69) is 34.6 Å². The molecule has 1 amide bonds. The molecule has 2 saturated heterocycles. The van der Waals surface area contributed by atoms with Crippen LogP contribution in [-0.2, 0) is 11.3 Å². The highest BCUT2D eigenvalue weighted by Crippen LogP contribution is 2.15. The Morgan fingerprint density at radius 3 is 2.75 bits per heavy atom. The van der Waals surface area contributed by atoms with Gasteiger partial charge in [-0.25, -0.2) is 0 Å². The Bertz CT molecular complexity index is 526. The van der Waals surface area contributed by atoms with Gasteiger partial charge in [0, 0.05) is 37.8 Å². The first-order chi connectivity index (χ1) is 11.7. The second kappa shape index (κ2) is 8.60. The van der Waals surface area contributed by atoms with Crippen molar-refractivity contribution in [2.45, 2.75) is 32.4 Å². The van der Waals surface area contributed by atoms with Gasteiger partial charge in [-0.3, -0.25) is 9.69 Å². The molecular formula is C19H29N3O2. The minimum atomic E-state index is 0.0208. The highest BCUT2D eigenvalue weighted by molar-refractivity contribution is 5.94. The van der Waals surface area contributed by atoms with Crippen LogP contribution in [0.1, 0.15) is 35.7 Å². The van der Waals surface area contributed by atoms with Crippen LogP contribution >= 0.6 is 0 Å². The van der Waals surface area contributed by atoms with Crippen LogP contribution in [0.3, 0.4) is 0 Å². The standard InChI is InChI=1S/C19H29N3O2/c1-15-3-2-8-20-18(15)13-21-19(23)17-6-4-16(5-7-17)14-22-9-11-24-12-10-22/h4-7,15,18,20H,2-3,8-14H2,1H3,(H,21,23)/t15-,18-/m0/s1. The third-order valence-electron chi connectivity index (χ3n) is 5.14. The molecule has 2 aliphatic rings. The molecule has 132 valence electrons. The number of rotatable bonds is 5. The maximum Gasteiger partial charge on any atom is 0.251 e. The summed E-state index contributed by atoms with van der Waals surface area (Å²) in [5.41, 5.74) is 1.99. The van der Waals surface area contributed by atoms with Gasteiger partial charge >= 0.3 is 0 Å². The molecule has 5 heteroatoms.